The van der Waals surface area contributed by atoms with E-state index in [1.54, 1.807) is 13.0 Å². The summed E-state index contributed by atoms with van der Waals surface area (Å²) in [5, 5.41) is 11.2. The summed E-state index contributed by atoms with van der Waals surface area (Å²) in [5.74, 6) is 0.0523. The third kappa shape index (κ3) is 6.76. The second-order valence-electron chi connectivity index (χ2n) is 4.69. The summed E-state index contributed by atoms with van der Waals surface area (Å²) >= 11 is 5.73. The number of carbonyl (C=O) groups excluding carboxylic acids is 1. The molecule has 0 atom stereocenters. The molecule has 0 aliphatic rings. The van der Waals surface area contributed by atoms with Gasteiger partial charge in [-0.15, -0.1) is 0 Å². The second-order valence-corrected chi connectivity index (χ2v) is 5.12. The predicted molar refractivity (Wildman–Crippen MR) is 83.3 cm³/mol. The van der Waals surface area contributed by atoms with Crippen LogP contribution in [0.25, 0.3) is 0 Å². The lowest BCUT2D eigenvalue weighted by molar-refractivity contribution is -0.385. The van der Waals surface area contributed by atoms with E-state index in [4.69, 9.17) is 21.1 Å². The smallest absolute Gasteiger partial charge is 0.312 e. The van der Waals surface area contributed by atoms with Crippen molar-refractivity contribution in [3.63, 3.8) is 0 Å². The lowest BCUT2D eigenvalue weighted by atomic mass is 10.1. The molecule has 6 nitrogen and oxygen atoms in total. The van der Waals surface area contributed by atoms with E-state index >= 15 is 0 Å². The number of nitro groups is 1. The number of benzene rings is 1. The third-order valence-corrected chi connectivity index (χ3v) is 3.19. The summed E-state index contributed by atoms with van der Waals surface area (Å²) in [4.78, 5) is 21.5. The Morgan fingerprint density at radius 2 is 2.00 bits per heavy atom. The zero-order valence-electron chi connectivity index (χ0n) is 12.5. The second kappa shape index (κ2) is 10.00. The van der Waals surface area contributed by atoms with Crippen molar-refractivity contribution in [2.75, 3.05) is 13.2 Å². The number of hydrogen-bond donors (Lipinski definition) is 0. The first-order valence-corrected chi connectivity index (χ1v) is 7.64. The van der Waals surface area contributed by atoms with E-state index in [0.717, 1.165) is 25.7 Å². The monoisotopic (exact) mass is 329 g/mol. The lowest BCUT2D eigenvalue weighted by Crippen LogP contribution is -2.03. The first-order valence-electron chi connectivity index (χ1n) is 7.27. The maximum absolute atomic E-state index is 11.1. The van der Waals surface area contributed by atoms with Crippen LogP contribution in [0.4, 0.5) is 5.69 Å². The Hall–Kier alpha value is -1.82. The molecule has 1 aromatic rings. The fourth-order valence-electron chi connectivity index (χ4n) is 1.90. The van der Waals surface area contributed by atoms with E-state index in [1.807, 2.05) is 0 Å². The number of carbonyl (C=O) groups is 1. The van der Waals surface area contributed by atoms with E-state index in [2.05, 4.69) is 0 Å². The molecular formula is C15H20ClNO5. The van der Waals surface area contributed by atoms with Crippen LogP contribution in [0.1, 0.15) is 39.0 Å². The van der Waals surface area contributed by atoms with Crippen molar-refractivity contribution in [1.29, 1.82) is 0 Å². The fourth-order valence-corrected chi connectivity index (χ4v) is 2.06. The van der Waals surface area contributed by atoms with Gasteiger partial charge in [-0.05, 0) is 31.9 Å². The minimum Gasteiger partial charge on any atom is -0.487 e. The van der Waals surface area contributed by atoms with Crippen molar-refractivity contribution in [2.24, 2.45) is 0 Å². The van der Waals surface area contributed by atoms with Crippen LogP contribution in [0.5, 0.6) is 5.75 Å². The van der Waals surface area contributed by atoms with Crippen molar-refractivity contribution in [3.05, 3.63) is 33.3 Å². The average molecular weight is 330 g/mol. The zero-order chi connectivity index (χ0) is 16.4. The van der Waals surface area contributed by atoms with Gasteiger partial charge >= 0.3 is 11.7 Å². The van der Waals surface area contributed by atoms with Crippen LogP contribution in [0.3, 0.4) is 0 Å². The summed E-state index contributed by atoms with van der Waals surface area (Å²) < 4.78 is 10.3. The molecule has 0 N–H and O–H groups in total. The Bertz CT molecular complexity index is 507. The molecule has 0 saturated carbocycles. The van der Waals surface area contributed by atoms with Gasteiger partial charge in [0.05, 0.1) is 18.1 Å². The topological polar surface area (TPSA) is 78.7 Å². The summed E-state index contributed by atoms with van der Waals surface area (Å²) in [6.45, 7) is 2.58. The van der Waals surface area contributed by atoms with Gasteiger partial charge in [0, 0.05) is 17.5 Å². The fraction of sp³-hybridized carbons (Fsp3) is 0.533. The van der Waals surface area contributed by atoms with Gasteiger partial charge in [0.15, 0.2) is 5.75 Å². The molecule has 0 aliphatic carbocycles. The molecule has 0 amide bonds. The van der Waals surface area contributed by atoms with Gasteiger partial charge in [-0.25, -0.2) is 0 Å². The van der Waals surface area contributed by atoms with Crippen LogP contribution in [-0.4, -0.2) is 24.1 Å². The first kappa shape index (κ1) is 18.2. The minimum atomic E-state index is -0.513. The molecule has 0 bridgehead atoms. The third-order valence-electron chi connectivity index (χ3n) is 2.96. The Kier molecular flexibility index (Phi) is 8.28. The van der Waals surface area contributed by atoms with Gasteiger partial charge in [-0.2, -0.15) is 0 Å². The first-order chi connectivity index (χ1) is 10.5. The summed E-state index contributed by atoms with van der Waals surface area (Å²) in [6.07, 6.45) is 3.76. The van der Waals surface area contributed by atoms with Gasteiger partial charge in [0.25, 0.3) is 0 Å². The Morgan fingerprint density at radius 1 is 1.27 bits per heavy atom. The summed E-state index contributed by atoms with van der Waals surface area (Å²) in [5.41, 5.74) is -0.130. The molecule has 1 rings (SSSR count). The molecular weight excluding hydrogens is 310 g/mol. The number of esters is 1. The molecule has 0 aromatic heterocycles. The molecule has 0 spiro atoms. The van der Waals surface area contributed by atoms with Gasteiger partial charge in [0.2, 0.25) is 0 Å². The van der Waals surface area contributed by atoms with Crippen LogP contribution in [0.2, 0.25) is 5.02 Å². The number of ether oxygens (including phenoxy) is 2. The van der Waals surface area contributed by atoms with E-state index in [1.165, 1.54) is 12.1 Å². The summed E-state index contributed by atoms with van der Waals surface area (Å²) in [6, 6.07) is 4.33. The molecule has 1 aromatic carbocycles. The van der Waals surface area contributed by atoms with Crippen molar-refractivity contribution in [3.8, 4) is 5.75 Å². The van der Waals surface area contributed by atoms with E-state index < -0.39 is 4.92 Å². The van der Waals surface area contributed by atoms with Crippen LogP contribution in [0, 0.1) is 10.1 Å². The molecule has 22 heavy (non-hydrogen) atoms. The van der Waals surface area contributed by atoms with Gasteiger partial charge < -0.3 is 9.47 Å². The molecule has 0 radical (unpaired) electrons. The maximum Gasteiger partial charge on any atom is 0.312 e. The summed E-state index contributed by atoms with van der Waals surface area (Å²) in [7, 11) is 0. The van der Waals surface area contributed by atoms with Crippen molar-refractivity contribution < 1.29 is 19.2 Å². The Balaban J connectivity index is 2.23. The van der Waals surface area contributed by atoms with Crippen LogP contribution >= 0.6 is 11.6 Å². The lowest BCUT2D eigenvalue weighted by Gasteiger charge is -2.07. The van der Waals surface area contributed by atoms with Crippen LogP contribution in [-0.2, 0) is 9.53 Å². The Labute approximate surface area is 134 Å². The van der Waals surface area contributed by atoms with Gasteiger partial charge in [-0.3, -0.25) is 14.9 Å². The van der Waals surface area contributed by atoms with E-state index in [9.17, 15) is 14.9 Å². The molecule has 0 aliphatic heterocycles. The highest BCUT2D eigenvalue weighted by Gasteiger charge is 2.15. The maximum atomic E-state index is 11.1. The van der Waals surface area contributed by atoms with Crippen LogP contribution in [0.15, 0.2) is 18.2 Å². The molecule has 0 fully saturated rings. The quantitative estimate of drug-likeness (QED) is 0.279. The predicted octanol–water partition coefficient (Wildman–Crippen LogP) is 4.14. The number of nitro benzene ring substituents is 1. The number of hydrogen-bond acceptors (Lipinski definition) is 5. The standard InChI is InChI=1S/C15H20ClNO5/c1-2-21-15(18)7-5-3-4-6-10-22-14-9-8-12(16)11-13(14)17(19)20/h8-9,11H,2-7,10H2,1H3. The highest BCUT2D eigenvalue weighted by atomic mass is 35.5. The SMILES string of the molecule is CCOC(=O)CCCCCCOc1ccc(Cl)cc1[N+](=O)[O-]. The highest BCUT2D eigenvalue weighted by molar-refractivity contribution is 6.30. The number of halogens is 1. The molecule has 7 heteroatoms. The number of rotatable bonds is 10. The van der Waals surface area contributed by atoms with E-state index in [0.29, 0.717) is 24.7 Å². The number of unbranched alkanes of at least 4 members (excludes halogenated alkanes) is 3. The van der Waals surface area contributed by atoms with Crippen molar-refractivity contribution in [2.45, 2.75) is 39.0 Å². The number of nitrogens with zero attached hydrogens (tertiary/aromatic N) is 1. The zero-order valence-corrected chi connectivity index (χ0v) is 13.3. The van der Waals surface area contributed by atoms with Crippen LogP contribution < -0.4 is 4.74 Å². The average Bonchev–Trinajstić information content (AvgIpc) is 2.47. The largest absolute Gasteiger partial charge is 0.487 e. The Morgan fingerprint density at radius 3 is 2.68 bits per heavy atom. The molecule has 122 valence electrons. The van der Waals surface area contributed by atoms with Crippen molar-refractivity contribution in [1.82, 2.24) is 0 Å². The minimum absolute atomic E-state index is 0.130. The highest BCUT2D eigenvalue weighted by Crippen LogP contribution is 2.30. The van der Waals surface area contributed by atoms with Crippen molar-refractivity contribution >= 4 is 23.3 Å². The normalized spacial score (nSPS) is 10.3. The van der Waals surface area contributed by atoms with E-state index in [-0.39, 0.29) is 17.4 Å². The molecule has 0 unspecified atom stereocenters. The molecule has 0 heterocycles. The van der Waals surface area contributed by atoms with Gasteiger partial charge in [-0.1, -0.05) is 24.4 Å². The molecule has 0 saturated heterocycles. The van der Waals surface area contributed by atoms with Gasteiger partial charge in [0.1, 0.15) is 0 Å².